The molecule has 5 heteroatoms. The van der Waals surface area contributed by atoms with Crippen LogP contribution in [0.1, 0.15) is 52.0 Å². The summed E-state index contributed by atoms with van der Waals surface area (Å²) in [5.41, 5.74) is 6.75. The SMILES string of the molecule is CC(C)(C)c1ccc(OCCCC(=O)N2CCCC(C(N)=O)C2)cc1. The Kier molecular flexibility index (Phi) is 6.45. The van der Waals surface area contributed by atoms with Crippen LogP contribution in [0.15, 0.2) is 24.3 Å². The standard InChI is InChI=1S/C20H30N2O3/c1-20(2,3)16-8-10-17(11-9-16)25-13-5-7-18(23)22-12-4-6-15(14-22)19(21)24/h8-11,15H,4-7,12-14H2,1-3H3,(H2,21,24). The molecule has 0 saturated carbocycles. The third-order valence-electron chi connectivity index (χ3n) is 4.70. The zero-order chi connectivity index (χ0) is 18.4. The number of nitrogens with two attached hydrogens (primary N) is 1. The van der Waals surface area contributed by atoms with E-state index in [0.717, 1.165) is 25.1 Å². The number of primary amides is 1. The van der Waals surface area contributed by atoms with Crippen LogP contribution in [0.4, 0.5) is 0 Å². The molecule has 1 aliphatic heterocycles. The van der Waals surface area contributed by atoms with Crippen LogP contribution in [0.25, 0.3) is 0 Å². The minimum Gasteiger partial charge on any atom is -0.494 e. The van der Waals surface area contributed by atoms with Gasteiger partial charge in [-0.05, 0) is 42.4 Å². The second-order valence-electron chi connectivity index (χ2n) is 7.81. The molecule has 1 atom stereocenters. The quantitative estimate of drug-likeness (QED) is 0.805. The van der Waals surface area contributed by atoms with Crippen molar-refractivity contribution >= 4 is 11.8 Å². The Morgan fingerprint density at radius 3 is 2.52 bits per heavy atom. The second kappa shape index (κ2) is 8.37. The molecule has 0 spiro atoms. The van der Waals surface area contributed by atoms with Crippen molar-refractivity contribution in [1.29, 1.82) is 0 Å². The number of hydrogen-bond donors (Lipinski definition) is 1. The van der Waals surface area contributed by atoms with E-state index in [9.17, 15) is 9.59 Å². The van der Waals surface area contributed by atoms with Gasteiger partial charge in [0.25, 0.3) is 0 Å². The lowest BCUT2D eigenvalue weighted by Crippen LogP contribution is -2.44. The Hall–Kier alpha value is -2.04. The van der Waals surface area contributed by atoms with Crippen molar-refractivity contribution in [3.8, 4) is 5.75 Å². The van der Waals surface area contributed by atoms with Crippen LogP contribution in [-0.2, 0) is 15.0 Å². The minimum atomic E-state index is -0.306. The fraction of sp³-hybridized carbons (Fsp3) is 0.600. The predicted molar refractivity (Wildman–Crippen MR) is 98.4 cm³/mol. The molecule has 25 heavy (non-hydrogen) atoms. The molecule has 0 radical (unpaired) electrons. The highest BCUT2D eigenvalue weighted by Crippen LogP contribution is 2.24. The molecule has 1 aromatic carbocycles. The summed E-state index contributed by atoms with van der Waals surface area (Å²) in [6.07, 6.45) is 2.73. The molecule has 0 aliphatic carbocycles. The molecular weight excluding hydrogens is 316 g/mol. The van der Waals surface area contributed by atoms with Crippen molar-refractivity contribution in [1.82, 2.24) is 4.90 Å². The third-order valence-corrected chi connectivity index (χ3v) is 4.70. The van der Waals surface area contributed by atoms with Crippen molar-refractivity contribution in [2.45, 2.75) is 51.9 Å². The first-order valence-corrected chi connectivity index (χ1v) is 9.08. The van der Waals surface area contributed by atoms with E-state index < -0.39 is 0 Å². The van der Waals surface area contributed by atoms with Crippen molar-refractivity contribution in [3.05, 3.63) is 29.8 Å². The van der Waals surface area contributed by atoms with Gasteiger partial charge in [0.1, 0.15) is 5.75 Å². The van der Waals surface area contributed by atoms with Gasteiger partial charge in [0.2, 0.25) is 11.8 Å². The summed E-state index contributed by atoms with van der Waals surface area (Å²) in [5.74, 6) is 0.402. The number of hydrogen-bond acceptors (Lipinski definition) is 3. The molecule has 1 heterocycles. The first-order chi connectivity index (χ1) is 11.8. The number of likely N-dealkylation sites (tertiary alicyclic amines) is 1. The maximum Gasteiger partial charge on any atom is 0.222 e. The lowest BCUT2D eigenvalue weighted by Gasteiger charge is -2.31. The van der Waals surface area contributed by atoms with Gasteiger partial charge in [0.05, 0.1) is 12.5 Å². The highest BCUT2D eigenvalue weighted by atomic mass is 16.5. The smallest absolute Gasteiger partial charge is 0.222 e. The molecule has 1 aliphatic rings. The van der Waals surface area contributed by atoms with Crippen LogP contribution < -0.4 is 10.5 Å². The molecule has 0 bridgehead atoms. The van der Waals surface area contributed by atoms with Gasteiger partial charge in [-0.15, -0.1) is 0 Å². The van der Waals surface area contributed by atoms with Gasteiger partial charge in [-0.3, -0.25) is 9.59 Å². The number of amides is 2. The molecule has 1 saturated heterocycles. The van der Waals surface area contributed by atoms with Crippen molar-refractivity contribution in [2.24, 2.45) is 11.7 Å². The van der Waals surface area contributed by atoms with Gasteiger partial charge in [-0.25, -0.2) is 0 Å². The maximum atomic E-state index is 12.3. The molecule has 138 valence electrons. The van der Waals surface area contributed by atoms with E-state index in [2.05, 4.69) is 32.9 Å². The number of rotatable bonds is 6. The van der Waals surface area contributed by atoms with Crippen molar-refractivity contribution in [2.75, 3.05) is 19.7 Å². The van der Waals surface area contributed by atoms with E-state index >= 15 is 0 Å². The van der Waals surface area contributed by atoms with Crippen LogP contribution >= 0.6 is 0 Å². The summed E-state index contributed by atoms with van der Waals surface area (Å²) < 4.78 is 5.73. The molecule has 2 N–H and O–H groups in total. The first kappa shape index (κ1) is 19.3. The molecular formula is C20H30N2O3. The lowest BCUT2D eigenvalue weighted by atomic mass is 9.87. The van der Waals surface area contributed by atoms with Gasteiger partial charge in [-0.1, -0.05) is 32.9 Å². The fourth-order valence-electron chi connectivity index (χ4n) is 3.06. The zero-order valence-electron chi connectivity index (χ0n) is 15.6. The number of piperidine rings is 1. The Bertz CT molecular complexity index is 590. The van der Waals surface area contributed by atoms with Crippen LogP contribution in [-0.4, -0.2) is 36.4 Å². The number of carbonyl (C=O) groups is 2. The van der Waals surface area contributed by atoms with Gasteiger partial charge in [0.15, 0.2) is 0 Å². The number of benzene rings is 1. The van der Waals surface area contributed by atoms with Crippen LogP contribution in [0, 0.1) is 5.92 Å². The first-order valence-electron chi connectivity index (χ1n) is 9.08. The van der Waals surface area contributed by atoms with E-state index in [1.165, 1.54) is 5.56 Å². The third kappa shape index (κ3) is 5.76. The van der Waals surface area contributed by atoms with E-state index in [4.69, 9.17) is 10.5 Å². The minimum absolute atomic E-state index is 0.0811. The molecule has 2 rings (SSSR count). The van der Waals surface area contributed by atoms with Gasteiger partial charge in [0, 0.05) is 19.5 Å². The Labute approximate surface area is 150 Å². The molecule has 1 fully saturated rings. The predicted octanol–water partition coefficient (Wildman–Crippen LogP) is 2.87. The van der Waals surface area contributed by atoms with Gasteiger partial charge < -0.3 is 15.4 Å². The summed E-state index contributed by atoms with van der Waals surface area (Å²) >= 11 is 0. The van der Waals surface area contributed by atoms with E-state index in [1.54, 1.807) is 4.90 Å². The van der Waals surface area contributed by atoms with Crippen LogP contribution in [0.5, 0.6) is 5.75 Å². The summed E-state index contributed by atoms with van der Waals surface area (Å²) in [4.78, 5) is 25.3. The lowest BCUT2D eigenvalue weighted by molar-refractivity contribution is -0.135. The summed E-state index contributed by atoms with van der Waals surface area (Å²) in [7, 11) is 0. The number of carbonyl (C=O) groups excluding carboxylic acids is 2. The highest BCUT2D eigenvalue weighted by Gasteiger charge is 2.26. The maximum absolute atomic E-state index is 12.3. The molecule has 1 aromatic rings. The van der Waals surface area contributed by atoms with Crippen LogP contribution in [0.2, 0.25) is 0 Å². The Morgan fingerprint density at radius 1 is 1.24 bits per heavy atom. The Morgan fingerprint density at radius 2 is 1.92 bits per heavy atom. The highest BCUT2D eigenvalue weighted by molar-refractivity contribution is 5.80. The number of nitrogens with zero attached hydrogens (tertiary/aromatic N) is 1. The second-order valence-corrected chi connectivity index (χ2v) is 7.81. The average Bonchev–Trinajstić information content (AvgIpc) is 2.58. The molecule has 5 nitrogen and oxygen atoms in total. The summed E-state index contributed by atoms with van der Waals surface area (Å²) in [6, 6.07) is 8.12. The zero-order valence-corrected chi connectivity index (χ0v) is 15.6. The molecule has 0 aromatic heterocycles. The van der Waals surface area contributed by atoms with Crippen molar-refractivity contribution < 1.29 is 14.3 Å². The molecule has 1 unspecified atom stereocenters. The fourth-order valence-corrected chi connectivity index (χ4v) is 3.06. The normalized spacial score (nSPS) is 18.0. The average molecular weight is 346 g/mol. The monoisotopic (exact) mass is 346 g/mol. The number of ether oxygens (including phenoxy) is 1. The van der Waals surface area contributed by atoms with E-state index in [1.807, 2.05) is 12.1 Å². The summed E-state index contributed by atoms with van der Waals surface area (Å²) in [6.45, 7) is 8.22. The van der Waals surface area contributed by atoms with Gasteiger partial charge >= 0.3 is 0 Å². The Balaban J connectivity index is 1.72. The van der Waals surface area contributed by atoms with Crippen molar-refractivity contribution in [3.63, 3.8) is 0 Å². The van der Waals surface area contributed by atoms with Crippen LogP contribution in [0.3, 0.4) is 0 Å². The largest absolute Gasteiger partial charge is 0.494 e. The van der Waals surface area contributed by atoms with Gasteiger partial charge in [-0.2, -0.15) is 0 Å². The summed E-state index contributed by atoms with van der Waals surface area (Å²) in [5, 5.41) is 0. The van der Waals surface area contributed by atoms with E-state index in [-0.39, 0.29) is 23.1 Å². The van der Waals surface area contributed by atoms with E-state index in [0.29, 0.717) is 26.0 Å². The molecule has 2 amide bonds. The topological polar surface area (TPSA) is 72.6 Å².